The van der Waals surface area contributed by atoms with Gasteiger partial charge in [-0.15, -0.1) is 0 Å². The van der Waals surface area contributed by atoms with Gasteiger partial charge in [0.25, 0.3) is 0 Å². The van der Waals surface area contributed by atoms with Crippen molar-refractivity contribution in [1.82, 2.24) is 10.6 Å². The zero-order valence-electron chi connectivity index (χ0n) is 22.6. The number of rotatable bonds is 9. The summed E-state index contributed by atoms with van der Waals surface area (Å²) in [6, 6.07) is -0.213. The third-order valence-electron chi connectivity index (χ3n) is 7.13. The first-order valence-electron chi connectivity index (χ1n) is 12.6. The van der Waals surface area contributed by atoms with Crippen molar-refractivity contribution >= 4 is 24.3 Å². The summed E-state index contributed by atoms with van der Waals surface area (Å²) in [7, 11) is 0. The van der Waals surface area contributed by atoms with Gasteiger partial charge in [0, 0.05) is 12.1 Å². The molecule has 0 aromatic heterocycles. The topological polar surface area (TPSA) is 136 Å². The molecule has 0 radical (unpaired) electrons. The number of aliphatic imine (C=N–C) groups is 2. The number of amides is 2. The second-order valence-corrected chi connectivity index (χ2v) is 12.9. The molecule has 10 heteroatoms. The van der Waals surface area contributed by atoms with E-state index in [-0.39, 0.29) is 47.0 Å². The average molecular weight is 507 g/mol. The molecule has 2 N–H and O–H groups in total. The second-order valence-electron chi connectivity index (χ2n) is 12.9. The average Bonchev–Trinajstić information content (AvgIpc) is 2.71. The van der Waals surface area contributed by atoms with E-state index in [2.05, 4.69) is 62.2 Å². The minimum Gasteiger partial charge on any atom is -0.446 e. The fourth-order valence-electron chi connectivity index (χ4n) is 6.84. The molecule has 0 saturated heterocycles. The Kier molecular flexibility index (Phi) is 9.86. The number of carbonyl (C=O) groups excluding carboxylic acids is 4. The monoisotopic (exact) mass is 506 g/mol. The summed E-state index contributed by atoms with van der Waals surface area (Å²) < 4.78 is 10.4. The summed E-state index contributed by atoms with van der Waals surface area (Å²) in [5, 5.41) is 5.80. The first-order chi connectivity index (χ1) is 16.7. The van der Waals surface area contributed by atoms with Crippen molar-refractivity contribution in [1.29, 1.82) is 0 Å². The number of nitrogens with one attached hydrogen (secondary N) is 2. The summed E-state index contributed by atoms with van der Waals surface area (Å²) in [5.74, 6) is 0. The van der Waals surface area contributed by atoms with E-state index in [1.807, 2.05) is 0 Å². The van der Waals surface area contributed by atoms with Crippen molar-refractivity contribution in [3.05, 3.63) is 0 Å². The van der Waals surface area contributed by atoms with E-state index in [0.29, 0.717) is 25.9 Å². The van der Waals surface area contributed by atoms with Crippen LogP contribution in [0.2, 0.25) is 0 Å². The van der Waals surface area contributed by atoms with Gasteiger partial charge in [-0.3, -0.25) is 0 Å². The van der Waals surface area contributed by atoms with Crippen LogP contribution >= 0.6 is 0 Å². The van der Waals surface area contributed by atoms with Crippen LogP contribution in [0, 0.1) is 21.7 Å². The van der Waals surface area contributed by atoms with Gasteiger partial charge in [-0.2, -0.15) is 0 Å². The van der Waals surface area contributed by atoms with Gasteiger partial charge >= 0.3 is 12.2 Å². The molecular formula is C26H42N4O6. The Balaban J connectivity index is 1.76. The smallest absolute Gasteiger partial charge is 0.407 e. The fourth-order valence-corrected chi connectivity index (χ4v) is 6.84. The molecule has 0 spiro atoms. The van der Waals surface area contributed by atoms with Crippen LogP contribution in [-0.2, 0) is 19.1 Å². The van der Waals surface area contributed by atoms with Crippen molar-refractivity contribution in [2.45, 2.75) is 92.2 Å². The first-order valence-corrected chi connectivity index (χ1v) is 12.6. The number of carbonyl (C=O) groups is 2. The van der Waals surface area contributed by atoms with E-state index >= 15 is 0 Å². The van der Waals surface area contributed by atoms with Gasteiger partial charge in [0.05, 0.1) is 13.1 Å². The summed E-state index contributed by atoms with van der Waals surface area (Å²) in [6.45, 7) is 13.3. The molecule has 0 bridgehead atoms. The Morgan fingerprint density at radius 1 is 0.722 bits per heavy atom. The van der Waals surface area contributed by atoms with Crippen molar-refractivity contribution in [2.75, 3.05) is 26.3 Å². The Bertz CT molecular complexity index is 821. The van der Waals surface area contributed by atoms with Gasteiger partial charge in [0.15, 0.2) is 0 Å². The Hall–Kier alpha value is -2.70. The quantitative estimate of drug-likeness (QED) is 0.272. The lowest BCUT2D eigenvalue weighted by Crippen LogP contribution is -2.48. The minimum absolute atomic E-state index is 0.0199. The highest BCUT2D eigenvalue weighted by Gasteiger charge is 2.43. The molecule has 2 aliphatic rings. The Morgan fingerprint density at radius 3 is 1.42 bits per heavy atom. The molecule has 0 heterocycles. The van der Waals surface area contributed by atoms with Crippen LogP contribution in [0.4, 0.5) is 9.59 Å². The van der Waals surface area contributed by atoms with E-state index in [4.69, 9.17) is 9.47 Å². The van der Waals surface area contributed by atoms with Crippen LogP contribution < -0.4 is 10.6 Å². The van der Waals surface area contributed by atoms with E-state index < -0.39 is 12.2 Å². The van der Waals surface area contributed by atoms with E-state index in [1.165, 1.54) is 0 Å². The van der Waals surface area contributed by atoms with Crippen molar-refractivity contribution in [3.63, 3.8) is 0 Å². The summed E-state index contributed by atoms with van der Waals surface area (Å²) >= 11 is 0. The molecule has 2 saturated carbocycles. The van der Waals surface area contributed by atoms with E-state index in [0.717, 1.165) is 25.7 Å². The first kappa shape index (κ1) is 29.5. The standard InChI is InChI=1S/C26H42N4O6/c1-23(2)9-19(11-25(5,13-23)15-27-17-31)29-21(33)35-7-8-36-22(34)30-20-10-24(3,4)14-26(6,12-20)16-28-18-32/h19-20H,7-16H2,1-6H3,(H,29,33)(H,30,34). The third kappa shape index (κ3) is 9.75. The lowest BCUT2D eigenvalue weighted by molar-refractivity contribution is 0.0577. The number of ether oxygens (including phenoxy) is 2. The highest BCUT2D eigenvalue weighted by Crippen LogP contribution is 2.47. The summed E-state index contributed by atoms with van der Waals surface area (Å²) in [4.78, 5) is 53.3. The zero-order chi connectivity index (χ0) is 27.0. The highest BCUT2D eigenvalue weighted by atomic mass is 16.6. The normalized spacial score (nSPS) is 30.6. The Labute approximate surface area is 214 Å². The Morgan fingerprint density at radius 2 is 1.08 bits per heavy atom. The molecule has 202 valence electrons. The van der Waals surface area contributed by atoms with Gasteiger partial charge < -0.3 is 20.1 Å². The number of alkyl carbamates (subject to hydrolysis) is 2. The minimum atomic E-state index is -0.566. The lowest BCUT2D eigenvalue weighted by Gasteiger charge is -2.46. The fraction of sp³-hybridized carbons (Fsp3) is 0.846. The maximum absolute atomic E-state index is 12.3. The second kappa shape index (κ2) is 12.0. The molecule has 4 unspecified atom stereocenters. The van der Waals surface area contributed by atoms with Gasteiger partial charge in [0.2, 0.25) is 12.2 Å². The largest absolute Gasteiger partial charge is 0.446 e. The highest BCUT2D eigenvalue weighted by molar-refractivity contribution is 5.68. The molecule has 0 aliphatic heterocycles. The van der Waals surface area contributed by atoms with Crippen molar-refractivity contribution in [3.8, 4) is 0 Å². The van der Waals surface area contributed by atoms with Crippen LogP contribution in [0.1, 0.15) is 80.1 Å². The SMILES string of the molecule is CC1(C)CC(NC(=O)OCCOC(=O)NC2CC(C)(C)CC(C)(CN=C=O)C2)CC(C)(CN=C=O)C1. The molecular weight excluding hydrogens is 464 g/mol. The molecule has 2 fully saturated rings. The van der Waals surface area contributed by atoms with Crippen molar-refractivity contribution in [2.24, 2.45) is 31.6 Å². The van der Waals surface area contributed by atoms with Crippen LogP contribution in [-0.4, -0.2) is 62.7 Å². The predicted molar refractivity (Wildman–Crippen MR) is 134 cm³/mol. The number of nitrogens with zero attached hydrogens (tertiary/aromatic N) is 2. The summed E-state index contributed by atoms with van der Waals surface area (Å²) in [5.41, 5.74) is -0.453. The van der Waals surface area contributed by atoms with Gasteiger partial charge in [0.1, 0.15) is 13.2 Å². The number of hydrogen-bond donors (Lipinski definition) is 2. The third-order valence-corrected chi connectivity index (χ3v) is 7.13. The molecule has 0 aromatic carbocycles. The van der Waals surface area contributed by atoms with Gasteiger partial charge in [-0.25, -0.2) is 29.2 Å². The molecule has 2 rings (SSSR count). The van der Waals surface area contributed by atoms with Crippen LogP contribution in [0.5, 0.6) is 0 Å². The summed E-state index contributed by atoms with van der Waals surface area (Å²) in [6.07, 6.45) is 6.81. The van der Waals surface area contributed by atoms with Gasteiger partial charge in [-0.1, -0.05) is 41.5 Å². The molecule has 10 nitrogen and oxygen atoms in total. The number of hydrogen-bond acceptors (Lipinski definition) is 8. The number of isocyanates is 2. The van der Waals surface area contributed by atoms with E-state index in [9.17, 15) is 19.2 Å². The molecule has 2 aliphatic carbocycles. The molecule has 2 amide bonds. The molecule has 36 heavy (non-hydrogen) atoms. The zero-order valence-corrected chi connectivity index (χ0v) is 22.6. The van der Waals surface area contributed by atoms with Crippen LogP contribution in [0.15, 0.2) is 9.98 Å². The van der Waals surface area contributed by atoms with Crippen molar-refractivity contribution < 1.29 is 28.7 Å². The molecule has 0 aromatic rings. The van der Waals surface area contributed by atoms with Crippen LogP contribution in [0.25, 0.3) is 0 Å². The lowest BCUT2D eigenvalue weighted by atomic mass is 9.62. The van der Waals surface area contributed by atoms with E-state index in [1.54, 1.807) is 12.2 Å². The molecule has 4 atom stereocenters. The predicted octanol–water partition coefficient (Wildman–Crippen LogP) is 4.28. The maximum Gasteiger partial charge on any atom is 0.407 e. The maximum atomic E-state index is 12.3. The van der Waals surface area contributed by atoms with Gasteiger partial charge in [-0.05, 0) is 60.2 Å². The van der Waals surface area contributed by atoms with Crippen LogP contribution in [0.3, 0.4) is 0 Å².